The number of carbonyl (C=O) groups is 1. The highest BCUT2D eigenvalue weighted by molar-refractivity contribution is 5.75. The van der Waals surface area contributed by atoms with Gasteiger partial charge in [0.05, 0.1) is 0 Å². The van der Waals surface area contributed by atoms with Crippen molar-refractivity contribution in [2.45, 2.75) is 45.4 Å². The predicted molar refractivity (Wildman–Crippen MR) is 79.9 cm³/mol. The minimum Gasteiger partial charge on any atom is -0.289 e. The summed E-state index contributed by atoms with van der Waals surface area (Å²) < 4.78 is 0. The maximum atomic E-state index is 11.5. The fourth-order valence-electron chi connectivity index (χ4n) is 1.93. The zero-order valence-corrected chi connectivity index (χ0v) is 12.8. The fourth-order valence-corrected chi connectivity index (χ4v) is 1.93. The highest BCUT2D eigenvalue weighted by atomic mass is 16.2. The molecule has 0 aromatic heterocycles. The molecular formula is C16H26N2O. The molecule has 0 unspecified atom stereocenters. The lowest BCUT2D eigenvalue weighted by atomic mass is 9.86. The standard InChI is InChI=1S/C16H26N2O/c1-16(2,3)14-11-9-13(10-12-14)7-6-8-15(19)17-18(4)5/h9-12H,6-8H2,1-5H3,(H,17,19). The smallest absolute Gasteiger partial charge is 0.234 e. The van der Waals surface area contributed by atoms with Crippen molar-refractivity contribution in [3.63, 3.8) is 0 Å². The average molecular weight is 262 g/mol. The number of rotatable bonds is 5. The Balaban J connectivity index is 2.40. The number of hydrogen-bond acceptors (Lipinski definition) is 2. The molecule has 0 fully saturated rings. The van der Waals surface area contributed by atoms with Crippen molar-refractivity contribution in [1.29, 1.82) is 0 Å². The molecule has 1 N–H and O–H groups in total. The molecule has 106 valence electrons. The molecule has 19 heavy (non-hydrogen) atoms. The van der Waals surface area contributed by atoms with Crippen LogP contribution in [0.4, 0.5) is 0 Å². The van der Waals surface area contributed by atoms with E-state index in [1.807, 2.05) is 14.1 Å². The molecule has 1 amide bonds. The summed E-state index contributed by atoms with van der Waals surface area (Å²) in [6, 6.07) is 8.72. The van der Waals surface area contributed by atoms with E-state index in [9.17, 15) is 4.79 Å². The molecule has 0 spiro atoms. The summed E-state index contributed by atoms with van der Waals surface area (Å²) >= 11 is 0. The number of amides is 1. The predicted octanol–water partition coefficient (Wildman–Crippen LogP) is 2.90. The van der Waals surface area contributed by atoms with Gasteiger partial charge in [-0.05, 0) is 29.4 Å². The SMILES string of the molecule is CN(C)NC(=O)CCCc1ccc(C(C)(C)C)cc1. The first-order valence-electron chi connectivity index (χ1n) is 6.85. The van der Waals surface area contributed by atoms with Crippen molar-refractivity contribution in [2.24, 2.45) is 0 Å². The maximum Gasteiger partial charge on any atom is 0.234 e. The van der Waals surface area contributed by atoms with Crippen LogP contribution >= 0.6 is 0 Å². The summed E-state index contributed by atoms with van der Waals surface area (Å²) in [5.41, 5.74) is 5.60. The van der Waals surface area contributed by atoms with Gasteiger partial charge < -0.3 is 0 Å². The van der Waals surface area contributed by atoms with Gasteiger partial charge in [-0.15, -0.1) is 0 Å². The molecule has 0 aliphatic heterocycles. The second-order valence-electron chi connectivity index (χ2n) is 6.23. The van der Waals surface area contributed by atoms with E-state index < -0.39 is 0 Å². The van der Waals surface area contributed by atoms with E-state index in [1.165, 1.54) is 11.1 Å². The molecule has 1 aromatic carbocycles. The van der Waals surface area contributed by atoms with Crippen LogP contribution in [0.15, 0.2) is 24.3 Å². The molecule has 0 saturated heterocycles. The Morgan fingerprint density at radius 1 is 1.16 bits per heavy atom. The van der Waals surface area contributed by atoms with Crippen molar-refractivity contribution >= 4 is 5.91 Å². The van der Waals surface area contributed by atoms with Crippen molar-refractivity contribution in [2.75, 3.05) is 14.1 Å². The maximum absolute atomic E-state index is 11.5. The molecule has 3 heteroatoms. The lowest BCUT2D eigenvalue weighted by Crippen LogP contribution is -2.35. The Kier molecular flexibility index (Phi) is 5.55. The molecule has 3 nitrogen and oxygen atoms in total. The van der Waals surface area contributed by atoms with Crippen LogP contribution in [0.25, 0.3) is 0 Å². The van der Waals surface area contributed by atoms with Crippen molar-refractivity contribution in [1.82, 2.24) is 10.4 Å². The highest BCUT2D eigenvalue weighted by Crippen LogP contribution is 2.22. The van der Waals surface area contributed by atoms with Gasteiger partial charge in [0.2, 0.25) is 5.91 Å². The molecule has 0 heterocycles. The average Bonchev–Trinajstić information content (AvgIpc) is 2.27. The molecule has 1 rings (SSSR count). The van der Waals surface area contributed by atoms with Crippen LogP contribution in [0, 0.1) is 0 Å². The second-order valence-corrected chi connectivity index (χ2v) is 6.23. The summed E-state index contributed by atoms with van der Waals surface area (Å²) in [6.45, 7) is 6.65. The Bertz CT molecular complexity index is 402. The van der Waals surface area contributed by atoms with E-state index >= 15 is 0 Å². The van der Waals surface area contributed by atoms with Gasteiger partial charge >= 0.3 is 0 Å². The molecular weight excluding hydrogens is 236 g/mol. The fraction of sp³-hybridized carbons (Fsp3) is 0.562. The lowest BCUT2D eigenvalue weighted by molar-refractivity contribution is -0.124. The molecule has 0 bridgehead atoms. The van der Waals surface area contributed by atoms with Gasteiger partial charge in [-0.3, -0.25) is 10.2 Å². The molecule has 0 aliphatic rings. The van der Waals surface area contributed by atoms with Crippen LogP contribution in [0.3, 0.4) is 0 Å². The largest absolute Gasteiger partial charge is 0.289 e. The third kappa shape index (κ3) is 5.88. The van der Waals surface area contributed by atoms with E-state index in [0.717, 1.165) is 12.8 Å². The number of hydrazine groups is 1. The van der Waals surface area contributed by atoms with Gasteiger partial charge in [0.15, 0.2) is 0 Å². The minimum atomic E-state index is 0.0799. The molecule has 0 atom stereocenters. The van der Waals surface area contributed by atoms with Crippen LogP contribution in [0.2, 0.25) is 0 Å². The van der Waals surface area contributed by atoms with Crippen molar-refractivity contribution < 1.29 is 4.79 Å². The number of carbonyl (C=O) groups excluding carboxylic acids is 1. The number of nitrogens with one attached hydrogen (secondary N) is 1. The first-order valence-corrected chi connectivity index (χ1v) is 6.85. The van der Waals surface area contributed by atoms with E-state index in [2.05, 4.69) is 50.5 Å². The second kappa shape index (κ2) is 6.71. The Hall–Kier alpha value is -1.35. The van der Waals surface area contributed by atoms with Gasteiger partial charge in [-0.1, -0.05) is 45.0 Å². The molecule has 0 aliphatic carbocycles. The van der Waals surface area contributed by atoms with E-state index in [-0.39, 0.29) is 11.3 Å². The Morgan fingerprint density at radius 3 is 2.21 bits per heavy atom. The summed E-state index contributed by atoms with van der Waals surface area (Å²) in [4.78, 5) is 11.5. The summed E-state index contributed by atoms with van der Waals surface area (Å²) in [5.74, 6) is 0.0799. The number of benzene rings is 1. The van der Waals surface area contributed by atoms with Gasteiger partial charge in [-0.25, -0.2) is 5.01 Å². The van der Waals surface area contributed by atoms with Gasteiger partial charge in [0.25, 0.3) is 0 Å². The zero-order chi connectivity index (χ0) is 14.5. The highest BCUT2D eigenvalue weighted by Gasteiger charge is 2.12. The quantitative estimate of drug-likeness (QED) is 0.828. The third-order valence-electron chi connectivity index (χ3n) is 3.04. The van der Waals surface area contributed by atoms with E-state index in [1.54, 1.807) is 5.01 Å². The van der Waals surface area contributed by atoms with Crippen LogP contribution in [0.5, 0.6) is 0 Å². The monoisotopic (exact) mass is 262 g/mol. The first-order chi connectivity index (χ1) is 8.79. The van der Waals surface area contributed by atoms with Gasteiger partial charge in [-0.2, -0.15) is 0 Å². The molecule has 0 radical (unpaired) electrons. The van der Waals surface area contributed by atoms with Crippen LogP contribution in [0.1, 0.15) is 44.7 Å². The lowest BCUT2D eigenvalue weighted by Gasteiger charge is -2.19. The van der Waals surface area contributed by atoms with E-state index in [4.69, 9.17) is 0 Å². The van der Waals surface area contributed by atoms with Crippen LogP contribution in [-0.4, -0.2) is 25.0 Å². The summed E-state index contributed by atoms with van der Waals surface area (Å²) in [5, 5.41) is 1.68. The number of aryl methyl sites for hydroxylation is 1. The van der Waals surface area contributed by atoms with Crippen molar-refractivity contribution in [3.8, 4) is 0 Å². The van der Waals surface area contributed by atoms with Crippen molar-refractivity contribution in [3.05, 3.63) is 35.4 Å². The van der Waals surface area contributed by atoms with Gasteiger partial charge in [0.1, 0.15) is 0 Å². The third-order valence-corrected chi connectivity index (χ3v) is 3.04. The number of hydrogen-bond donors (Lipinski definition) is 1. The van der Waals surface area contributed by atoms with Crippen LogP contribution < -0.4 is 5.43 Å². The normalized spacial score (nSPS) is 11.7. The molecule has 0 saturated carbocycles. The summed E-state index contributed by atoms with van der Waals surface area (Å²) in [7, 11) is 3.65. The zero-order valence-electron chi connectivity index (χ0n) is 12.8. The van der Waals surface area contributed by atoms with E-state index in [0.29, 0.717) is 6.42 Å². The van der Waals surface area contributed by atoms with Crippen LogP contribution in [-0.2, 0) is 16.6 Å². The topological polar surface area (TPSA) is 32.3 Å². The number of nitrogens with zero attached hydrogens (tertiary/aromatic N) is 1. The Labute approximate surface area is 117 Å². The summed E-state index contributed by atoms with van der Waals surface area (Å²) in [6.07, 6.45) is 2.40. The van der Waals surface area contributed by atoms with Gasteiger partial charge in [0, 0.05) is 20.5 Å². The Morgan fingerprint density at radius 2 is 1.74 bits per heavy atom. The first kappa shape index (κ1) is 15.7. The minimum absolute atomic E-state index is 0.0799. The molecule has 1 aromatic rings.